The number of aromatic nitrogens is 3. The van der Waals surface area contributed by atoms with Crippen LogP contribution in [0.3, 0.4) is 0 Å². The van der Waals surface area contributed by atoms with E-state index in [4.69, 9.17) is 9.47 Å². The lowest BCUT2D eigenvalue weighted by molar-refractivity contribution is -0.173. The summed E-state index contributed by atoms with van der Waals surface area (Å²) < 4.78 is 51.0. The van der Waals surface area contributed by atoms with Crippen LogP contribution in [-0.4, -0.2) is 52.6 Å². The van der Waals surface area contributed by atoms with Crippen LogP contribution >= 0.6 is 0 Å². The van der Waals surface area contributed by atoms with Crippen molar-refractivity contribution in [2.75, 3.05) is 18.1 Å². The zero-order valence-corrected chi connectivity index (χ0v) is 20.2. The van der Waals surface area contributed by atoms with Gasteiger partial charge in [0.25, 0.3) is 0 Å². The number of pyridine rings is 1. The highest BCUT2D eigenvalue weighted by Gasteiger charge is 2.50. The normalized spacial score (nSPS) is 24.9. The molecule has 10 heteroatoms. The molecule has 1 fully saturated rings. The molecule has 192 valence electrons. The van der Waals surface area contributed by atoms with Gasteiger partial charge in [0, 0.05) is 11.1 Å². The van der Waals surface area contributed by atoms with Crippen molar-refractivity contribution in [2.24, 2.45) is 5.92 Å². The number of benzene rings is 1. The summed E-state index contributed by atoms with van der Waals surface area (Å²) in [5, 5.41) is 7.64. The monoisotopic (exact) mass is 502 g/mol. The van der Waals surface area contributed by atoms with Gasteiger partial charge in [-0.2, -0.15) is 18.3 Å². The third-order valence-corrected chi connectivity index (χ3v) is 7.43. The first-order valence-electron chi connectivity index (χ1n) is 12.2. The number of amides is 1. The molecule has 0 bridgehead atoms. The second-order valence-electron chi connectivity index (χ2n) is 9.86. The number of ether oxygens (including phenoxy) is 2. The smallest absolute Gasteiger partial charge is 0.394 e. The van der Waals surface area contributed by atoms with E-state index in [-0.39, 0.29) is 31.6 Å². The predicted molar refractivity (Wildman–Crippen MR) is 128 cm³/mol. The summed E-state index contributed by atoms with van der Waals surface area (Å²) in [7, 11) is 0. The van der Waals surface area contributed by atoms with Crippen LogP contribution in [0.5, 0.6) is 5.75 Å². The van der Waals surface area contributed by atoms with E-state index in [9.17, 15) is 18.0 Å². The summed E-state index contributed by atoms with van der Waals surface area (Å²) >= 11 is 0. The Labute approximate surface area is 207 Å². The van der Waals surface area contributed by atoms with E-state index in [0.717, 1.165) is 23.1 Å². The topological polar surface area (TPSA) is 80.3 Å². The van der Waals surface area contributed by atoms with Crippen molar-refractivity contribution in [1.82, 2.24) is 15.2 Å². The minimum atomic E-state index is -4.29. The minimum absolute atomic E-state index is 0.112. The van der Waals surface area contributed by atoms with Gasteiger partial charge in [-0.05, 0) is 50.3 Å². The summed E-state index contributed by atoms with van der Waals surface area (Å²) in [4.78, 5) is 19.6. The molecule has 1 saturated heterocycles. The number of hydrogen-bond donors (Lipinski definition) is 1. The molecular formula is C26H29F3N4O3. The second-order valence-corrected chi connectivity index (χ2v) is 9.86. The quantitative estimate of drug-likeness (QED) is 0.460. The predicted octanol–water partition coefficient (Wildman–Crippen LogP) is 5.17. The van der Waals surface area contributed by atoms with Crippen molar-refractivity contribution in [3.05, 3.63) is 48.3 Å². The van der Waals surface area contributed by atoms with E-state index in [2.05, 4.69) is 15.2 Å². The first kappa shape index (κ1) is 24.5. The number of aromatic amines is 1. The Morgan fingerprint density at radius 2 is 2.11 bits per heavy atom. The lowest BCUT2D eigenvalue weighted by Gasteiger charge is -2.27. The van der Waals surface area contributed by atoms with Gasteiger partial charge >= 0.3 is 6.18 Å². The van der Waals surface area contributed by atoms with Gasteiger partial charge in [-0.3, -0.25) is 9.89 Å². The molecule has 3 unspecified atom stereocenters. The van der Waals surface area contributed by atoms with Gasteiger partial charge in [-0.15, -0.1) is 0 Å². The highest BCUT2D eigenvalue weighted by Crippen LogP contribution is 2.46. The molecular weight excluding hydrogens is 473 g/mol. The molecule has 7 nitrogen and oxygen atoms in total. The van der Waals surface area contributed by atoms with Crippen LogP contribution in [0.2, 0.25) is 0 Å². The SMILES string of the molecule is CCC(CC[C@]1(C)C(=O)N(CC2CC(C(F)(F)F)CO2)c2ccccc21)Oc1cnc2[nH]ncc2c1. The van der Waals surface area contributed by atoms with Crippen molar-refractivity contribution >= 4 is 22.6 Å². The maximum Gasteiger partial charge on any atom is 0.394 e. The highest BCUT2D eigenvalue weighted by atomic mass is 19.4. The first-order valence-corrected chi connectivity index (χ1v) is 12.2. The minimum Gasteiger partial charge on any atom is -0.489 e. The van der Waals surface area contributed by atoms with Crippen molar-refractivity contribution in [1.29, 1.82) is 0 Å². The van der Waals surface area contributed by atoms with Crippen molar-refractivity contribution in [3.8, 4) is 5.75 Å². The van der Waals surface area contributed by atoms with Crippen LogP contribution in [0.4, 0.5) is 18.9 Å². The summed E-state index contributed by atoms with van der Waals surface area (Å²) in [6.45, 7) is 3.70. The summed E-state index contributed by atoms with van der Waals surface area (Å²) in [6.07, 6.45) is 0.0458. The third kappa shape index (κ3) is 4.54. The Bertz CT molecular complexity index is 1250. The number of rotatable bonds is 8. The fourth-order valence-electron chi connectivity index (χ4n) is 5.25. The Morgan fingerprint density at radius 1 is 1.31 bits per heavy atom. The van der Waals surface area contributed by atoms with Crippen molar-refractivity contribution in [2.45, 2.75) is 63.3 Å². The average Bonchev–Trinajstić information content (AvgIpc) is 3.57. The van der Waals surface area contributed by atoms with Gasteiger partial charge in [0.05, 0.1) is 49.1 Å². The van der Waals surface area contributed by atoms with E-state index in [1.807, 2.05) is 44.2 Å². The first-order chi connectivity index (χ1) is 17.2. The van der Waals surface area contributed by atoms with E-state index in [1.54, 1.807) is 17.3 Å². The van der Waals surface area contributed by atoms with E-state index in [0.29, 0.717) is 24.2 Å². The number of nitrogens with zero attached hydrogens (tertiary/aromatic N) is 3. The van der Waals surface area contributed by atoms with E-state index < -0.39 is 23.6 Å². The molecule has 0 aliphatic carbocycles. The molecule has 1 N–H and O–H groups in total. The van der Waals surface area contributed by atoms with Crippen molar-refractivity contribution < 1.29 is 27.4 Å². The van der Waals surface area contributed by atoms with Crippen LogP contribution in [-0.2, 0) is 14.9 Å². The van der Waals surface area contributed by atoms with Gasteiger partial charge in [-0.1, -0.05) is 25.1 Å². The van der Waals surface area contributed by atoms with Gasteiger partial charge in [0.15, 0.2) is 5.65 Å². The highest BCUT2D eigenvalue weighted by molar-refractivity contribution is 6.07. The molecule has 2 aliphatic rings. The van der Waals surface area contributed by atoms with Gasteiger partial charge < -0.3 is 14.4 Å². The van der Waals surface area contributed by atoms with Crippen LogP contribution in [0, 0.1) is 5.92 Å². The molecule has 0 spiro atoms. The maximum absolute atomic E-state index is 13.7. The molecule has 0 radical (unpaired) electrons. The Morgan fingerprint density at radius 3 is 2.86 bits per heavy atom. The number of alkyl halides is 3. The molecule has 2 aliphatic heterocycles. The summed E-state index contributed by atoms with van der Waals surface area (Å²) in [5.74, 6) is -0.961. The van der Waals surface area contributed by atoms with Crippen LogP contribution in [0.25, 0.3) is 11.0 Å². The number of fused-ring (bicyclic) bond motifs is 2. The standard InChI is InChI=1S/C26H29F3N4O3/c1-3-18(36-19-10-16-12-31-32-23(16)30-13-19)8-9-25(2)21-6-4-5-7-22(21)33(24(25)34)14-20-11-17(15-35-20)26(27,28)29/h4-7,10,12-13,17-18,20H,3,8-9,11,14-15H2,1-2H3,(H,30,31,32)/t17?,18?,20?,25-/m0/s1. The maximum atomic E-state index is 13.7. The Hall–Kier alpha value is -3.14. The Balaban J connectivity index is 1.29. The molecule has 4 heterocycles. The van der Waals surface area contributed by atoms with Gasteiger partial charge in [0.1, 0.15) is 5.75 Å². The number of hydrogen-bond acceptors (Lipinski definition) is 5. The molecule has 2 aromatic heterocycles. The average molecular weight is 503 g/mol. The van der Waals surface area contributed by atoms with Crippen LogP contribution in [0.15, 0.2) is 42.7 Å². The van der Waals surface area contributed by atoms with E-state index >= 15 is 0 Å². The van der Waals surface area contributed by atoms with Crippen LogP contribution in [0.1, 0.15) is 45.1 Å². The fraction of sp³-hybridized carbons (Fsp3) is 0.500. The second kappa shape index (κ2) is 9.38. The molecule has 5 rings (SSSR count). The van der Waals surface area contributed by atoms with E-state index in [1.165, 1.54) is 0 Å². The number of nitrogens with one attached hydrogen (secondary N) is 1. The molecule has 4 atom stereocenters. The lowest BCUT2D eigenvalue weighted by atomic mass is 9.79. The number of H-pyrrole nitrogens is 1. The van der Waals surface area contributed by atoms with Crippen LogP contribution < -0.4 is 9.64 Å². The number of carbonyl (C=O) groups is 1. The molecule has 1 aromatic carbocycles. The zero-order chi connectivity index (χ0) is 25.5. The largest absolute Gasteiger partial charge is 0.489 e. The number of para-hydroxylation sites is 1. The molecule has 1 amide bonds. The summed E-state index contributed by atoms with van der Waals surface area (Å²) in [5.41, 5.74) is 1.51. The number of carbonyl (C=O) groups excluding carboxylic acids is 1. The third-order valence-electron chi connectivity index (χ3n) is 7.43. The molecule has 3 aromatic rings. The number of anilines is 1. The van der Waals surface area contributed by atoms with Gasteiger partial charge in [0.2, 0.25) is 5.91 Å². The zero-order valence-electron chi connectivity index (χ0n) is 20.2. The molecule has 36 heavy (non-hydrogen) atoms. The van der Waals surface area contributed by atoms with Gasteiger partial charge in [-0.25, -0.2) is 4.98 Å². The number of halogens is 3. The fourth-order valence-corrected chi connectivity index (χ4v) is 5.25. The lowest BCUT2D eigenvalue weighted by Crippen LogP contribution is -2.42. The van der Waals surface area contributed by atoms with Crippen molar-refractivity contribution in [3.63, 3.8) is 0 Å². The Kier molecular flexibility index (Phi) is 6.40. The summed E-state index contributed by atoms with van der Waals surface area (Å²) in [6, 6.07) is 9.40. The molecule has 0 saturated carbocycles.